The van der Waals surface area contributed by atoms with Gasteiger partial charge in [-0.3, -0.25) is 0 Å². The molecular formula is C10H14N2O3S3. The first-order valence-electron chi connectivity index (χ1n) is 5.28. The van der Waals surface area contributed by atoms with Crippen molar-refractivity contribution < 1.29 is 13.5 Å². The van der Waals surface area contributed by atoms with Crippen LogP contribution in [0.4, 0.5) is 0 Å². The summed E-state index contributed by atoms with van der Waals surface area (Å²) in [4.78, 5) is 0.382. The van der Waals surface area contributed by atoms with Crippen molar-refractivity contribution >= 4 is 33.1 Å². The van der Waals surface area contributed by atoms with Crippen molar-refractivity contribution in [2.24, 2.45) is 0 Å². The summed E-state index contributed by atoms with van der Waals surface area (Å²) in [5.41, 5.74) is 0. The smallest absolute Gasteiger partial charge is 0.250 e. The molecule has 0 bridgehead atoms. The van der Waals surface area contributed by atoms with E-state index < -0.39 is 10.0 Å². The number of hydrogen-bond donors (Lipinski definition) is 2. The molecule has 100 valence electrons. The molecule has 2 N–H and O–H groups in total. The van der Waals surface area contributed by atoms with Crippen molar-refractivity contribution in [3.05, 3.63) is 17.0 Å². The topological polar surface area (TPSA) is 90.2 Å². The largest absolute Gasteiger partial charge is 0.396 e. The minimum absolute atomic E-state index is 0.158. The molecule has 1 rings (SSSR count). The Bertz CT molecular complexity index is 505. The Labute approximate surface area is 115 Å². The zero-order chi connectivity index (χ0) is 13.4. The van der Waals surface area contributed by atoms with Crippen molar-refractivity contribution in [2.45, 2.75) is 10.6 Å². The minimum Gasteiger partial charge on any atom is -0.396 e. The SMILES string of the molecule is N#Cc1ccc(S(=O)(=O)NCCSCCCO)s1. The maximum Gasteiger partial charge on any atom is 0.250 e. The van der Waals surface area contributed by atoms with Crippen LogP contribution in [0.5, 0.6) is 0 Å². The predicted octanol–water partition coefficient (Wildman–Crippen LogP) is 1.01. The van der Waals surface area contributed by atoms with E-state index in [1.165, 1.54) is 12.1 Å². The second kappa shape index (κ2) is 7.76. The van der Waals surface area contributed by atoms with Crippen molar-refractivity contribution in [1.29, 1.82) is 5.26 Å². The van der Waals surface area contributed by atoms with Gasteiger partial charge in [-0.25, -0.2) is 13.1 Å². The number of aliphatic hydroxyl groups excluding tert-OH is 1. The molecule has 0 saturated heterocycles. The van der Waals surface area contributed by atoms with Gasteiger partial charge in [-0.05, 0) is 24.3 Å². The van der Waals surface area contributed by atoms with E-state index in [0.717, 1.165) is 17.1 Å². The molecule has 0 atom stereocenters. The molecule has 0 aliphatic rings. The molecule has 1 aromatic rings. The van der Waals surface area contributed by atoms with Crippen molar-refractivity contribution in [3.63, 3.8) is 0 Å². The van der Waals surface area contributed by atoms with Gasteiger partial charge >= 0.3 is 0 Å². The van der Waals surface area contributed by atoms with Gasteiger partial charge in [0.25, 0.3) is 0 Å². The molecule has 0 fully saturated rings. The first-order chi connectivity index (χ1) is 8.60. The van der Waals surface area contributed by atoms with Crippen LogP contribution in [0.2, 0.25) is 0 Å². The molecule has 0 saturated carbocycles. The van der Waals surface area contributed by atoms with Crippen LogP contribution in [0.25, 0.3) is 0 Å². The van der Waals surface area contributed by atoms with Gasteiger partial charge in [0.1, 0.15) is 15.2 Å². The Kier molecular flexibility index (Phi) is 6.67. The van der Waals surface area contributed by atoms with E-state index in [0.29, 0.717) is 23.6 Å². The molecule has 0 spiro atoms. The fourth-order valence-electron chi connectivity index (χ4n) is 1.11. The number of hydrogen-bond acceptors (Lipinski definition) is 6. The number of rotatable bonds is 8. The van der Waals surface area contributed by atoms with Crippen molar-refractivity contribution in [1.82, 2.24) is 4.72 Å². The Morgan fingerprint density at radius 3 is 2.83 bits per heavy atom. The van der Waals surface area contributed by atoms with Crippen LogP contribution in [-0.4, -0.2) is 38.2 Å². The molecule has 1 heterocycles. The van der Waals surface area contributed by atoms with Gasteiger partial charge in [0.05, 0.1) is 0 Å². The lowest BCUT2D eigenvalue weighted by Gasteiger charge is -2.04. The number of nitrogens with one attached hydrogen (secondary N) is 1. The summed E-state index contributed by atoms with van der Waals surface area (Å²) in [6, 6.07) is 4.84. The lowest BCUT2D eigenvalue weighted by Crippen LogP contribution is -2.25. The summed E-state index contributed by atoms with van der Waals surface area (Å²) in [7, 11) is -3.49. The minimum atomic E-state index is -3.49. The van der Waals surface area contributed by atoms with E-state index in [1.54, 1.807) is 11.8 Å². The second-order valence-corrected chi connectivity index (χ2v) is 7.62. The fraction of sp³-hybridized carbons (Fsp3) is 0.500. The van der Waals surface area contributed by atoms with E-state index in [1.807, 2.05) is 6.07 Å². The van der Waals surface area contributed by atoms with E-state index in [-0.39, 0.29) is 10.8 Å². The zero-order valence-electron chi connectivity index (χ0n) is 9.63. The molecule has 5 nitrogen and oxygen atoms in total. The van der Waals surface area contributed by atoms with Crippen LogP contribution in [0.1, 0.15) is 11.3 Å². The Morgan fingerprint density at radius 2 is 2.22 bits per heavy atom. The molecule has 0 radical (unpaired) electrons. The van der Waals surface area contributed by atoms with Crippen LogP contribution in [-0.2, 0) is 10.0 Å². The molecule has 0 aliphatic heterocycles. The molecular weight excluding hydrogens is 292 g/mol. The van der Waals surface area contributed by atoms with Gasteiger partial charge in [-0.2, -0.15) is 17.0 Å². The van der Waals surface area contributed by atoms with Gasteiger partial charge in [0.15, 0.2) is 0 Å². The first kappa shape index (κ1) is 15.5. The third-order valence-corrected chi connectivity index (χ3v) is 5.95. The summed E-state index contributed by atoms with van der Waals surface area (Å²) in [6.07, 6.45) is 0.716. The highest BCUT2D eigenvalue weighted by molar-refractivity contribution is 7.99. The standard InChI is InChI=1S/C10H14N2O3S3/c11-8-9-2-3-10(17-9)18(14,15)12-4-7-16-6-1-5-13/h2-3,12-13H,1,4-7H2. The zero-order valence-corrected chi connectivity index (χ0v) is 12.1. The Balaban J connectivity index is 2.39. The Morgan fingerprint density at radius 1 is 1.44 bits per heavy atom. The Hall–Kier alpha value is -0.590. The molecule has 0 aromatic carbocycles. The molecule has 18 heavy (non-hydrogen) atoms. The first-order valence-corrected chi connectivity index (χ1v) is 8.74. The van der Waals surface area contributed by atoms with Gasteiger partial charge in [-0.1, -0.05) is 0 Å². The molecule has 1 aromatic heterocycles. The third-order valence-electron chi connectivity index (χ3n) is 1.94. The number of thiophene rings is 1. The monoisotopic (exact) mass is 306 g/mol. The van der Waals surface area contributed by atoms with Gasteiger partial charge < -0.3 is 5.11 Å². The average Bonchev–Trinajstić information content (AvgIpc) is 2.83. The average molecular weight is 306 g/mol. The highest BCUT2D eigenvalue weighted by atomic mass is 32.2. The van der Waals surface area contributed by atoms with Gasteiger partial charge in [0, 0.05) is 18.9 Å². The highest BCUT2D eigenvalue weighted by Gasteiger charge is 2.15. The summed E-state index contributed by atoms with van der Waals surface area (Å²) < 4.78 is 26.2. The quantitative estimate of drug-likeness (QED) is 0.700. The maximum absolute atomic E-state index is 11.8. The molecule has 8 heteroatoms. The van der Waals surface area contributed by atoms with E-state index in [4.69, 9.17) is 10.4 Å². The van der Waals surface area contributed by atoms with Crippen molar-refractivity contribution in [3.8, 4) is 6.07 Å². The van der Waals surface area contributed by atoms with E-state index in [9.17, 15) is 8.42 Å². The highest BCUT2D eigenvalue weighted by Crippen LogP contribution is 2.20. The van der Waals surface area contributed by atoms with Gasteiger partial charge in [0.2, 0.25) is 10.0 Å². The number of sulfonamides is 1. The van der Waals surface area contributed by atoms with Crippen LogP contribution < -0.4 is 4.72 Å². The number of aliphatic hydroxyl groups is 1. The number of thioether (sulfide) groups is 1. The summed E-state index contributed by atoms with van der Waals surface area (Å²) in [5.74, 6) is 1.48. The van der Waals surface area contributed by atoms with Crippen LogP contribution in [0.15, 0.2) is 16.3 Å². The lowest BCUT2D eigenvalue weighted by atomic mass is 10.5. The van der Waals surface area contributed by atoms with Crippen LogP contribution in [0, 0.1) is 11.3 Å². The lowest BCUT2D eigenvalue weighted by molar-refractivity contribution is 0.296. The third kappa shape index (κ3) is 4.96. The predicted molar refractivity (Wildman–Crippen MR) is 73.3 cm³/mol. The van der Waals surface area contributed by atoms with Crippen LogP contribution in [0.3, 0.4) is 0 Å². The van der Waals surface area contributed by atoms with Crippen LogP contribution >= 0.6 is 23.1 Å². The summed E-state index contributed by atoms with van der Waals surface area (Å²) in [6.45, 7) is 0.503. The molecule has 0 unspecified atom stereocenters. The normalized spacial score (nSPS) is 11.3. The van der Waals surface area contributed by atoms with E-state index in [2.05, 4.69) is 4.72 Å². The summed E-state index contributed by atoms with van der Waals surface area (Å²) in [5, 5.41) is 17.2. The fourth-order valence-corrected chi connectivity index (χ4v) is 4.21. The molecule has 0 aliphatic carbocycles. The molecule has 0 amide bonds. The second-order valence-electron chi connectivity index (χ2n) is 3.32. The number of nitriles is 1. The van der Waals surface area contributed by atoms with Crippen molar-refractivity contribution in [2.75, 3.05) is 24.7 Å². The number of nitrogens with zero attached hydrogens (tertiary/aromatic N) is 1. The maximum atomic E-state index is 11.8. The van der Waals surface area contributed by atoms with E-state index >= 15 is 0 Å². The summed E-state index contributed by atoms with van der Waals surface area (Å²) >= 11 is 2.55. The van der Waals surface area contributed by atoms with Gasteiger partial charge in [-0.15, -0.1) is 11.3 Å².